The molecule has 0 aliphatic rings. The summed E-state index contributed by atoms with van der Waals surface area (Å²) in [6, 6.07) is 7.22. The molecule has 0 bridgehead atoms. The van der Waals surface area contributed by atoms with Crippen LogP contribution in [0.2, 0.25) is 0 Å². The maximum Gasteiger partial charge on any atom is 0.418 e. The van der Waals surface area contributed by atoms with Crippen LogP contribution >= 0.6 is 0 Å². The minimum atomic E-state index is -4.75. The first-order valence-corrected chi connectivity index (χ1v) is 6.32. The number of hydrogen-bond acceptors (Lipinski definition) is 1. The molecule has 0 aliphatic carbocycles. The molecule has 1 rings (SSSR count). The molecular formula is C16H19F3O. The summed E-state index contributed by atoms with van der Waals surface area (Å²) in [7, 11) is 0. The van der Waals surface area contributed by atoms with Gasteiger partial charge in [-0.1, -0.05) is 38.1 Å². The highest BCUT2D eigenvalue weighted by molar-refractivity contribution is 5.33. The molecule has 1 atom stereocenters. The Kier molecular flexibility index (Phi) is 4.55. The number of aliphatic hydroxyl groups is 1. The number of hydrogen-bond donors (Lipinski definition) is 1. The minimum absolute atomic E-state index is 0.474. The van der Waals surface area contributed by atoms with Crippen LogP contribution in [0.25, 0.3) is 0 Å². The van der Waals surface area contributed by atoms with E-state index in [0.29, 0.717) is 0 Å². The second kappa shape index (κ2) is 5.49. The topological polar surface area (TPSA) is 20.2 Å². The summed E-state index contributed by atoms with van der Waals surface area (Å²) in [5.41, 5.74) is -2.04. The van der Waals surface area contributed by atoms with Crippen LogP contribution in [0.4, 0.5) is 13.2 Å². The molecule has 0 spiro atoms. The molecule has 1 N–H and O–H groups in total. The van der Waals surface area contributed by atoms with Gasteiger partial charge in [0, 0.05) is 6.42 Å². The molecule has 4 heteroatoms. The molecule has 1 aromatic rings. The van der Waals surface area contributed by atoms with Crippen molar-refractivity contribution in [2.75, 3.05) is 0 Å². The zero-order chi connectivity index (χ0) is 15.6. The average Bonchev–Trinajstić information content (AvgIpc) is 2.27. The van der Waals surface area contributed by atoms with Crippen molar-refractivity contribution in [2.45, 2.75) is 50.8 Å². The highest BCUT2D eigenvalue weighted by Gasteiger charge is 2.55. The fraction of sp³-hybridized carbons (Fsp3) is 0.500. The normalized spacial score (nSPS) is 15.5. The summed E-state index contributed by atoms with van der Waals surface area (Å²) in [5.74, 6) is 1.93. The van der Waals surface area contributed by atoms with Gasteiger partial charge in [-0.2, -0.15) is 13.2 Å². The lowest BCUT2D eigenvalue weighted by Crippen LogP contribution is -2.49. The van der Waals surface area contributed by atoms with E-state index in [1.807, 2.05) is 25.0 Å². The Morgan fingerprint density at radius 2 is 1.75 bits per heavy atom. The Balaban J connectivity index is 3.17. The molecule has 0 saturated carbocycles. The van der Waals surface area contributed by atoms with Crippen LogP contribution in [0.15, 0.2) is 24.3 Å². The lowest BCUT2D eigenvalue weighted by Gasteiger charge is -2.37. The van der Waals surface area contributed by atoms with Crippen LogP contribution in [0.1, 0.15) is 37.8 Å². The average molecular weight is 284 g/mol. The van der Waals surface area contributed by atoms with Gasteiger partial charge in [0.1, 0.15) is 0 Å². The SMILES string of the molecule is C#CC[C@](O)(CC(C)(C)c1ccccc1C)C(F)(F)F. The van der Waals surface area contributed by atoms with E-state index in [-0.39, 0.29) is 0 Å². The number of alkyl halides is 3. The Morgan fingerprint density at radius 3 is 2.20 bits per heavy atom. The van der Waals surface area contributed by atoms with Crippen LogP contribution in [-0.2, 0) is 5.41 Å². The summed E-state index contributed by atoms with van der Waals surface area (Å²) >= 11 is 0. The van der Waals surface area contributed by atoms with E-state index in [9.17, 15) is 18.3 Å². The van der Waals surface area contributed by atoms with E-state index in [2.05, 4.69) is 0 Å². The first-order chi connectivity index (χ1) is 9.03. The summed E-state index contributed by atoms with van der Waals surface area (Å²) in [4.78, 5) is 0. The van der Waals surface area contributed by atoms with Gasteiger partial charge in [0.05, 0.1) is 0 Å². The molecule has 1 aromatic carbocycles. The van der Waals surface area contributed by atoms with Gasteiger partial charge in [0.2, 0.25) is 0 Å². The van der Waals surface area contributed by atoms with Crippen molar-refractivity contribution in [2.24, 2.45) is 0 Å². The number of terminal acetylenes is 1. The summed E-state index contributed by atoms with van der Waals surface area (Å²) in [5, 5.41) is 9.97. The second-order valence-corrected chi connectivity index (χ2v) is 5.79. The third-order valence-corrected chi connectivity index (χ3v) is 3.53. The van der Waals surface area contributed by atoms with Crippen LogP contribution in [0.3, 0.4) is 0 Å². The van der Waals surface area contributed by atoms with E-state index < -0.39 is 30.0 Å². The predicted molar refractivity (Wildman–Crippen MR) is 73.3 cm³/mol. The van der Waals surface area contributed by atoms with Gasteiger partial charge < -0.3 is 5.11 Å². The van der Waals surface area contributed by atoms with Gasteiger partial charge in [-0.05, 0) is 29.9 Å². The maximum atomic E-state index is 13.1. The lowest BCUT2D eigenvalue weighted by molar-refractivity contribution is -0.264. The molecule has 20 heavy (non-hydrogen) atoms. The zero-order valence-electron chi connectivity index (χ0n) is 11.9. The van der Waals surface area contributed by atoms with Gasteiger partial charge in [0.15, 0.2) is 5.60 Å². The van der Waals surface area contributed by atoms with E-state index >= 15 is 0 Å². The van der Waals surface area contributed by atoms with E-state index in [4.69, 9.17) is 6.42 Å². The quantitative estimate of drug-likeness (QED) is 0.829. The molecular weight excluding hydrogens is 265 g/mol. The van der Waals surface area contributed by atoms with Crippen LogP contribution in [0, 0.1) is 19.3 Å². The lowest BCUT2D eigenvalue weighted by atomic mass is 9.72. The number of rotatable bonds is 4. The van der Waals surface area contributed by atoms with E-state index in [1.54, 1.807) is 26.0 Å². The van der Waals surface area contributed by atoms with Gasteiger partial charge in [-0.3, -0.25) is 0 Å². The maximum absolute atomic E-state index is 13.1. The van der Waals surface area contributed by atoms with Crippen molar-refractivity contribution in [3.05, 3.63) is 35.4 Å². The zero-order valence-corrected chi connectivity index (χ0v) is 11.9. The second-order valence-electron chi connectivity index (χ2n) is 5.79. The third kappa shape index (κ3) is 3.34. The largest absolute Gasteiger partial charge is 0.418 e. The van der Waals surface area contributed by atoms with Gasteiger partial charge in [0.25, 0.3) is 0 Å². The third-order valence-electron chi connectivity index (χ3n) is 3.53. The van der Waals surface area contributed by atoms with Gasteiger partial charge >= 0.3 is 6.18 Å². The van der Waals surface area contributed by atoms with Crippen LogP contribution in [0.5, 0.6) is 0 Å². The standard InChI is InChI=1S/C16H19F3O/c1-5-10-15(20,16(17,18)19)11-14(3,4)13-9-7-6-8-12(13)2/h1,6-9,20H,10-11H2,2-4H3/t15-/m0/s1. The van der Waals surface area contributed by atoms with Crippen molar-refractivity contribution in [3.8, 4) is 12.3 Å². The highest BCUT2D eigenvalue weighted by atomic mass is 19.4. The molecule has 0 fully saturated rings. The Morgan fingerprint density at radius 1 is 1.20 bits per heavy atom. The minimum Gasteiger partial charge on any atom is -0.380 e. The first-order valence-electron chi connectivity index (χ1n) is 6.32. The molecule has 0 radical (unpaired) electrons. The first kappa shape index (κ1) is 16.6. The highest BCUT2D eigenvalue weighted by Crippen LogP contribution is 2.43. The molecule has 0 aromatic heterocycles. The van der Waals surface area contributed by atoms with Gasteiger partial charge in [-0.15, -0.1) is 12.3 Å². The fourth-order valence-corrected chi connectivity index (χ4v) is 2.59. The van der Waals surface area contributed by atoms with Crippen LogP contribution in [-0.4, -0.2) is 16.9 Å². The van der Waals surface area contributed by atoms with Crippen molar-refractivity contribution in [1.29, 1.82) is 0 Å². The monoisotopic (exact) mass is 284 g/mol. The number of halogens is 3. The van der Waals surface area contributed by atoms with Crippen molar-refractivity contribution in [1.82, 2.24) is 0 Å². The Hall–Kier alpha value is -1.47. The molecule has 0 saturated heterocycles. The van der Waals surface area contributed by atoms with E-state index in [1.165, 1.54) is 0 Å². The molecule has 0 unspecified atom stereocenters. The summed E-state index contributed by atoms with van der Waals surface area (Å²) < 4.78 is 39.3. The number of benzene rings is 1. The predicted octanol–water partition coefficient (Wildman–Crippen LogP) is 3.98. The fourth-order valence-electron chi connectivity index (χ4n) is 2.59. The number of aryl methyl sites for hydroxylation is 1. The smallest absolute Gasteiger partial charge is 0.380 e. The molecule has 0 aliphatic heterocycles. The summed E-state index contributed by atoms with van der Waals surface area (Å²) in [6.45, 7) is 5.20. The van der Waals surface area contributed by atoms with Crippen LogP contribution < -0.4 is 0 Å². The van der Waals surface area contributed by atoms with Crippen molar-refractivity contribution < 1.29 is 18.3 Å². The van der Waals surface area contributed by atoms with Crippen molar-refractivity contribution in [3.63, 3.8) is 0 Å². The molecule has 1 nitrogen and oxygen atoms in total. The molecule has 0 amide bonds. The Labute approximate surface area is 117 Å². The van der Waals surface area contributed by atoms with E-state index in [0.717, 1.165) is 11.1 Å². The molecule has 0 heterocycles. The summed E-state index contributed by atoms with van der Waals surface area (Å²) in [6.07, 6.45) is -0.980. The van der Waals surface area contributed by atoms with Gasteiger partial charge in [-0.25, -0.2) is 0 Å². The molecule has 110 valence electrons. The Bertz CT molecular complexity index is 511. The van der Waals surface area contributed by atoms with Crippen molar-refractivity contribution >= 4 is 0 Å².